The zero-order valence-corrected chi connectivity index (χ0v) is 12.8. The van der Waals surface area contributed by atoms with Gasteiger partial charge < -0.3 is 14.8 Å². The lowest BCUT2D eigenvalue weighted by molar-refractivity contribution is -0.215. The molecule has 1 aliphatic rings. The molecule has 3 atom stereocenters. The van der Waals surface area contributed by atoms with Crippen molar-refractivity contribution in [2.45, 2.75) is 57.3 Å². The Kier molecular flexibility index (Phi) is 6.46. The van der Waals surface area contributed by atoms with Crippen LogP contribution >= 0.6 is 0 Å². The van der Waals surface area contributed by atoms with E-state index in [2.05, 4.69) is 5.32 Å². The van der Waals surface area contributed by atoms with Crippen molar-refractivity contribution >= 4 is 5.97 Å². The van der Waals surface area contributed by atoms with Crippen molar-refractivity contribution in [3.63, 3.8) is 0 Å². The zero-order chi connectivity index (χ0) is 16.1. The molecule has 21 heavy (non-hydrogen) atoms. The lowest BCUT2D eigenvalue weighted by Crippen LogP contribution is -2.55. The van der Waals surface area contributed by atoms with Crippen molar-refractivity contribution in [1.29, 1.82) is 0 Å². The minimum atomic E-state index is -4.35. The molecule has 1 N–H and O–H groups in total. The van der Waals surface area contributed by atoms with Crippen LogP contribution in [-0.2, 0) is 14.3 Å². The number of carbonyl (C=O) groups excluding carboxylic acids is 1. The molecule has 0 aromatic rings. The summed E-state index contributed by atoms with van der Waals surface area (Å²) < 4.78 is 46.9. The van der Waals surface area contributed by atoms with Gasteiger partial charge in [0.05, 0.1) is 7.11 Å². The molecule has 124 valence electrons. The second-order valence-corrected chi connectivity index (χ2v) is 5.43. The molecule has 0 amide bonds. The first-order valence-corrected chi connectivity index (χ1v) is 7.29. The molecule has 4 nitrogen and oxygen atoms in total. The largest absolute Gasteiger partial charge is 0.468 e. The molecule has 0 spiro atoms. The van der Waals surface area contributed by atoms with Crippen LogP contribution in [0.3, 0.4) is 0 Å². The Balaban J connectivity index is 2.62. The Labute approximate surface area is 123 Å². The Hall–Kier alpha value is -0.820. The normalized spacial score (nSPS) is 27.6. The molecule has 7 heteroatoms. The number of likely N-dealkylation sites (N-methyl/N-ethyl adjacent to an activating group) is 1. The summed E-state index contributed by atoms with van der Waals surface area (Å²) in [7, 11) is 1.33. The van der Waals surface area contributed by atoms with Crippen LogP contribution in [0.15, 0.2) is 0 Å². The summed E-state index contributed by atoms with van der Waals surface area (Å²) in [6.07, 6.45) is -3.45. The van der Waals surface area contributed by atoms with Crippen molar-refractivity contribution in [1.82, 2.24) is 5.32 Å². The van der Waals surface area contributed by atoms with Gasteiger partial charge in [-0.2, -0.15) is 13.2 Å². The zero-order valence-electron chi connectivity index (χ0n) is 12.8. The molecule has 0 aliphatic heterocycles. The van der Waals surface area contributed by atoms with E-state index in [9.17, 15) is 18.0 Å². The van der Waals surface area contributed by atoms with Crippen LogP contribution in [0.1, 0.15) is 39.5 Å². The number of hydrogen-bond acceptors (Lipinski definition) is 4. The summed E-state index contributed by atoms with van der Waals surface area (Å²) in [4.78, 5) is 12.1. The maximum absolute atomic E-state index is 12.4. The molecule has 0 radical (unpaired) electrons. The molecule has 1 rings (SSSR count). The highest BCUT2D eigenvalue weighted by molar-refractivity contribution is 5.81. The van der Waals surface area contributed by atoms with Crippen molar-refractivity contribution < 1.29 is 27.4 Å². The minimum absolute atomic E-state index is 0.0184. The highest BCUT2D eigenvalue weighted by Gasteiger charge is 2.49. The number of rotatable bonds is 7. The number of halogens is 3. The summed E-state index contributed by atoms with van der Waals surface area (Å²) in [6.45, 7) is 3.47. The van der Waals surface area contributed by atoms with Gasteiger partial charge >= 0.3 is 12.1 Å². The predicted octanol–water partition coefficient (Wildman–Crippen LogP) is 2.67. The molecule has 0 aromatic heterocycles. The van der Waals surface area contributed by atoms with Gasteiger partial charge in [-0.05, 0) is 38.6 Å². The van der Waals surface area contributed by atoms with Gasteiger partial charge in [0.15, 0.2) is 6.10 Å². The Morgan fingerprint density at radius 1 is 1.48 bits per heavy atom. The van der Waals surface area contributed by atoms with E-state index in [1.54, 1.807) is 0 Å². The first kappa shape index (κ1) is 18.2. The van der Waals surface area contributed by atoms with Crippen LogP contribution in [0, 0.1) is 5.92 Å². The number of carbonyl (C=O) groups is 1. The Morgan fingerprint density at radius 3 is 2.67 bits per heavy atom. The third-order valence-electron chi connectivity index (χ3n) is 4.16. The average Bonchev–Trinajstić information content (AvgIpc) is 2.81. The minimum Gasteiger partial charge on any atom is -0.468 e. The van der Waals surface area contributed by atoms with Gasteiger partial charge in [-0.15, -0.1) is 0 Å². The van der Waals surface area contributed by atoms with E-state index in [1.165, 1.54) is 7.11 Å². The molecule has 3 unspecified atom stereocenters. The predicted molar refractivity (Wildman–Crippen MR) is 71.9 cm³/mol. The van der Waals surface area contributed by atoms with E-state index in [0.717, 1.165) is 19.8 Å². The first-order chi connectivity index (χ1) is 9.78. The van der Waals surface area contributed by atoms with Gasteiger partial charge in [0.2, 0.25) is 0 Å². The Bertz CT molecular complexity index is 349. The van der Waals surface area contributed by atoms with Gasteiger partial charge in [0, 0.05) is 6.61 Å². The molecule has 1 saturated carbocycles. The smallest absolute Gasteiger partial charge is 0.414 e. The van der Waals surface area contributed by atoms with E-state index in [0.29, 0.717) is 19.4 Å². The fourth-order valence-corrected chi connectivity index (χ4v) is 3.02. The number of alkyl halides is 3. The number of esters is 1. The van der Waals surface area contributed by atoms with Crippen molar-refractivity contribution in [2.24, 2.45) is 5.92 Å². The van der Waals surface area contributed by atoms with Gasteiger partial charge in [-0.3, -0.25) is 4.79 Å². The van der Waals surface area contributed by atoms with Crippen LogP contribution in [0.4, 0.5) is 13.2 Å². The third kappa shape index (κ3) is 4.32. The SMILES string of the molecule is CCNC1(C(=O)OC)CCCC1CCOC(C)C(F)(F)F. The van der Waals surface area contributed by atoms with Gasteiger partial charge in [0.1, 0.15) is 5.54 Å². The van der Waals surface area contributed by atoms with Gasteiger partial charge in [-0.25, -0.2) is 0 Å². The van der Waals surface area contributed by atoms with Crippen molar-refractivity contribution in [3.05, 3.63) is 0 Å². The van der Waals surface area contributed by atoms with E-state index in [-0.39, 0.29) is 18.5 Å². The number of nitrogens with one attached hydrogen (secondary N) is 1. The Morgan fingerprint density at radius 2 is 2.14 bits per heavy atom. The van der Waals surface area contributed by atoms with E-state index in [4.69, 9.17) is 9.47 Å². The van der Waals surface area contributed by atoms with E-state index >= 15 is 0 Å². The summed E-state index contributed by atoms with van der Waals surface area (Å²) >= 11 is 0. The van der Waals surface area contributed by atoms with Gasteiger partial charge in [-0.1, -0.05) is 13.3 Å². The fraction of sp³-hybridized carbons (Fsp3) is 0.929. The molecule has 1 fully saturated rings. The van der Waals surface area contributed by atoms with Crippen LogP contribution in [0.5, 0.6) is 0 Å². The second-order valence-electron chi connectivity index (χ2n) is 5.43. The topological polar surface area (TPSA) is 47.6 Å². The molecule has 0 aromatic carbocycles. The quantitative estimate of drug-likeness (QED) is 0.734. The highest BCUT2D eigenvalue weighted by Crippen LogP contribution is 2.39. The van der Waals surface area contributed by atoms with Crippen molar-refractivity contribution in [3.8, 4) is 0 Å². The highest BCUT2D eigenvalue weighted by atomic mass is 19.4. The standard InChI is InChI=1S/C14H24F3NO3/c1-4-18-13(12(19)20-3)8-5-6-11(13)7-9-21-10(2)14(15,16)17/h10-11,18H,4-9H2,1-3H3. The summed E-state index contributed by atoms with van der Waals surface area (Å²) in [5.41, 5.74) is -0.783. The summed E-state index contributed by atoms with van der Waals surface area (Å²) in [5.74, 6) is -0.402. The second kappa shape index (κ2) is 7.45. The maximum Gasteiger partial charge on any atom is 0.414 e. The van der Waals surface area contributed by atoms with E-state index in [1.807, 2.05) is 6.92 Å². The molecule has 0 bridgehead atoms. The monoisotopic (exact) mass is 311 g/mol. The van der Waals surface area contributed by atoms with Crippen LogP contribution in [0.25, 0.3) is 0 Å². The molecule has 1 aliphatic carbocycles. The van der Waals surface area contributed by atoms with Crippen LogP contribution in [0.2, 0.25) is 0 Å². The molecule has 0 saturated heterocycles. The van der Waals surface area contributed by atoms with Crippen molar-refractivity contribution in [2.75, 3.05) is 20.3 Å². The molecular formula is C14H24F3NO3. The lowest BCUT2D eigenvalue weighted by Gasteiger charge is -2.33. The molecule has 0 heterocycles. The maximum atomic E-state index is 12.4. The lowest BCUT2D eigenvalue weighted by atomic mass is 9.84. The summed E-state index contributed by atoms with van der Waals surface area (Å²) in [6, 6.07) is 0. The first-order valence-electron chi connectivity index (χ1n) is 7.29. The third-order valence-corrected chi connectivity index (χ3v) is 4.16. The number of hydrogen-bond donors (Lipinski definition) is 1. The van der Waals surface area contributed by atoms with Gasteiger partial charge in [0.25, 0.3) is 0 Å². The molecular weight excluding hydrogens is 287 g/mol. The fourth-order valence-electron chi connectivity index (χ4n) is 3.02. The van der Waals surface area contributed by atoms with Crippen LogP contribution in [-0.4, -0.2) is 44.0 Å². The van der Waals surface area contributed by atoms with Crippen LogP contribution < -0.4 is 5.32 Å². The average molecular weight is 311 g/mol. The summed E-state index contributed by atoms with van der Waals surface area (Å²) in [5, 5.41) is 3.17. The van der Waals surface area contributed by atoms with E-state index < -0.39 is 17.8 Å². The number of methoxy groups -OCH3 is 1. The number of ether oxygens (including phenoxy) is 2.